The van der Waals surface area contributed by atoms with E-state index in [2.05, 4.69) is 9.80 Å². The van der Waals surface area contributed by atoms with Crippen molar-refractivity contribution in [2.24, 2.45) is 0 Å². The Labute approximate surface area is 154 Å². The van der Waals surface area contributed by atoms with Gasteiger partial charge in [0.2, 0.25) is 0 Å². The molecule has 1 atom stereocenters. The van der Waals surface area contributed by atoms with E-state index in [0.717, 1.165) is 56.4 Å². The average Bonchev–Trinajstić information content (AvgIpc) is 2.83. The molecule has 3 heterocycles. The van der Waals surface area contributed by atoms with Crippen molar-refractivity contribution in [1.82, 2.24) is 14.8 Å². The second-order valence-electron chi connectivity index (χ2n) is 7.62. The number of hydrogen-bond acceptors (Lipinski definition) is 6. The second kappa shape index (κ2) is 8.14. The normalized spacial score (nSPS) is 25.8. The SMILES string of the molecule is O=CCCN1CCc2nc(OC3CCCN(C4CCC4)CC3)sc2C1. The summed E-state index contributed by atoms with van der Waals surface area (Å²) in [6.07, 6.45) is 10.7. The maximum absolute atomic E-state index is 10.6. The van der Waals surface area contributed by atoms with Crippen LogP contribution in [0.15, 0.2) is 0 Å². The average molecular weight is 364 g/mol. The number of aromatic nitrogens is 1. The molecule has 0 radical (unpaired) electrons. The number of fused-ring (bicyclic) bond motifs is 1. The molecule has 6 heteroatoms. The van der Waals surface area contributed by atoms with Crippen molar-refractivity contribution in [3.05, 3.63) is 10.6 Å². The molecule has 0 spiro atoms. The summed E-state index contributed by atoms with van der Waals surface area (Å²) in [7, 11) is 0. The Morgan fingerprint density at radius 2 is 2.08 bits per heavy atom. The summed E-state index contributed by atoms with van der Waals surface area (Å²) in [4.78, 5) is 21.7. The molecule has 25 heavy (non-hydrogen) atoms. The molecule has 0 bridgehead atoms. The summed E-state index contributed by atoms with van der Waals surface area (Å²) in [6, 6.07) is 0.850. The minimum atomic E-state index is 0.323. The number of likely N-dealkylation sites (tertiary alicyclic amines) is 1. The standard InChI is InChI=1S/C19H29N3O2S/c23-13-3-9-21-11-8-17-18(14-21)25-19(20-17)24-16-6-2-10-22(12-7-16)15-4-1-5-15/h13,15-16H,1-12,14H2. The molecule has 1 saturated heterocycles. The zero-order chi connectivity index (χ0) is 17.1. The summed E-state index contributed by atoms with van der Waals surface area (Å²) in [5.74, 6) is 0. The molecule has 1 aromatic heterocycles. The highest BCUT2D eigenvalue weighted by Crippen LogP contribution is 2.32. The lowest BCUT2D eigenvalue weighted by Crippen LogP contribution is -2.40. The van der Waals surface area contributed by atoms with Gasteiger partial charge in [-0.25, -0.2) is 4.98 Å². The van der Waals surface area contributed by atoms with Crippen LogP contribution in [-0.4, -0.2) is 59.4 Å². The molecule has 1 unspecified atom stereocenters. The van der Waals surface area contributed by atoms with E-state index in [-0.39, 0.29) is 0 Å². The van der Waals surface area contributed by atoms with E-state index in [0.29, 0.717) is 12.5 Å². The van der Waals surface area contributed by atoms with Gasteiger partial charge in [-0.1, -0.05) is 17.8 Å². The summed E-state index contributed by atoms with van der Waals surface area (Å²) in [6.45, 7) is 5.20. The fourth-order valence-corrected chi connectivity index (χ4v) is 5.23. The molecule has 3 aliphatic rings. The van der Waals surface area contributed by atoms with E-state index in [1.54, 1.807) is 11.3 Å². The number of ether oxygens (including phenoxy) is 1. The van der Waals surface area contributed by atoms with Gasteiger partial charge in [0.05, 0.1) is 5.69 Å². The molecule has 0 amide bonds. The van der Waals surface area contributed by atoms with Crippen molar-refractivity contribution in [3.8, 4) is 5.19 Å². The Morgan fingerprint density at radius 1 is 1.16 bits per heavy atom. The molecule has 5 nitrogen and oxygen atoms in total. The van der Waals surface area contributed by atoms with Gasteiger partial charge in [-0.2, -0.15) is 0 Å². The highest BCUT2D eigenvalue weighted by Gasteiger charge is 2.28. The van der Waals surface area contributed by atoms with E-state index in [4.69, 9.17) is 9.72 Å². The number of carbonyl (C=O) groups excluding carboxylic acids is 1. The molecule has 1 aliphatic carbocycles. The van der Waals surface area contributed by atoms with Gasteiger partial charge in [0.1, 0.15) is 12.4 Å². The van der Waals surface area contributed by atoms with Crippen molar-refractivity contribution in [2.75, 3.05) is 26.2 Å². The monoisotopic (exact) mass is 363 g/mol. The minimum absolute atomic E-state index is 0.323. The predicted octanol–water partition coefficient (Wildman–Crippen LogP) is 2.88. The first kappa shape index (κ1) is 17.4. The third-order valence-corrected chi connectivity index (χ3v) is 6.90. The van der Waals surface area contributed by atoms with Crippen LogP contribution >= 0.6 is 11.3 Å². The molecule has 1 saturated carbocycles. The smallest absolute Gasteiger partial charge is 0.273 e. The summed E-state index contributed by atoms with van der Waals surface area (Å²) >= 11 is 1.72. The van der Waals surface area contributed by atoms with Crippen LogP contribution in [-0.2, 0) is 17.8 Å². The molecule has 1 aromatic rings. The Hall–Kier alpha value is -0.980. The van der Waals surface area contributed by atoms with Crippen LogP contribution in [0.4, 0.5) is 0 Å². The van der Waals surface area contributed by atoms with Crippen LogP contribution in [0.25, 0.3) is 0 Å². The van der Waals surface area contributed by atoms with Crippen LogP contribution in [0.3, 0.4) is 0 Å². The molecule has 0 N–H and O–H groups in total. The molecule has 138 valence electrons. The molecular weight excluding hydrogens is 334 g/mol. The summed E-state index contributed by atoms with van der Waals surface area (Å²) < 4.78 is 6.29. The Morgan fingerprint density at radius 3 is 2.88 bits per heavy atom. The first-order chi connectivity index (χ1) is 12.3. The first-order valence-electron chi connectivity index (χ1n) is 9.87. The summed E-state index contributed by atoms with van der Waals surface area (Å²) in [5.41, 5.74) is 1.21. The van der Waals surface area contributed by atoms with Crippen molar-refractivity contribution in [2.45, 2.75) is 70.1 Å². The largest absolute Gasteiger partial charge is 0.467 e. The van der Waals surface area contributed by atoms with Crippen molar-refractivity contribution >= 4 is 17.6 Å². The van der Waals surface area contributed by atoms with Gasteiger partial charge in [-0.05, 0) is 38.6 Å². The lowest BCUT2D eigenvalue weighted by atomic mass is 9.91. The van der Waals surface area contributed by atoms with Crippen LogP contribution < -0.4 is 4.74 Å². The van der Waals surface area contributed by atoms with E-state index in [1.807, 2.05) is 0 Å². The van der Waals surface area contributed by atoms with Gasteiger partial charge in [0.25, 0.3) is 5.19 Å². The zero-order valence-electron chi connectivity index (χ0n) is 15.0. The number of hydrogen-bond donors (Lipinski definition) is 0. The second-order valence-corrected chi connectivity index (χ2v) is 8.67. The fourth-order valence-electron chi connectivity index (χ4n) is 4.17. The highest BCUT2D eigenvalue weighted by molar-refractivity contribution is 7.13. The van der Waals surface area contributed by atoms with E-state index >= 15 is 0 Å². The van der Waals surface area contributed by atoms with Gasteiger partial charge < -0.3 is 14.4 Å². The Balaban J connectivity index is 1.31. The van der Waals surface area contributed by atoms with Crippen LogP contribution in [0.2, 0.25) is 0 Å². The molecule has 2 aliphatic heterocycles. The molecule has 2 fully saturated rings. The fraction of sp³-hybridized carbons (Fsp3) is 0.789. The maximum atomic E-state index is 10.6. The quantitative estimate of drug-likeness (QED) is 0.727. The summed E-state index contributed by atoms with van der Waals surface area (Å²) in [5, 5.41) is 0.865. The van der Waals surface area contributed by atoms with Gasteiger partial charge in [-0.15, -0.1) is 0 Å². The first-order valence-corrected chi connectivity index (χ1v) is 10.7. The number of rotatable bonds is 6. The van der Waals surface area contributed by atoms with Gasteiger partial charge in [0.15, 0.2) is 0 Å². The third kappa shape index (κ3) is 4.23. The number of nitrogens with zero attached hydrogens (tertiary/aromatic N) is 3. The Bertz CT molecular complexity index is 587. The van der Waals surface area contributed by atoms with Crippen LogP contribution in [0.5, 0.6) is 5.19 Å². The zero-order valence-corrected chi connectivity index (χ0v) is 15.8. The topological polar surface area (TPSA) is 45.7 Å². The molecular formula is C19H29N3O2S. The number of carbonyl (C=O) groups is 1. The van der Waals surface area contributed by atoms with Crippen LogP contribution in [0.1, 0.15) is 55.5 Å². The van der Waals surface area contributed by atoms with Gasteiger partial charge in [0, 0.05) is 49.9 Å². The van der Waals surface area contributed by atoms with Crippen molar-refractivity contribution in [3.63, 3.8) is 0 Å². The van der Waals surface area contributed by atoms with E-state index in [1.165, 1.54) is 49.3 Å². The van der Waals surface area contributed by atoms with Gasteiger partial charge >= 0.3 is 0 Å². The third-order valence-electron chi connectivity index (χ3n) is 5.92. The minimum Gasteiger partial charge on any atom is -0.467 e. The van der Waals surface area contributed by atoms with E-state index < -0.39 is 0 Å². The molecule has 0 aromatic carbocycles. The van der Waals surface area contributed by atoms with Crippen molar-refractivity contribution < 1.29 is 9.53 Å². The van der Waals surface area contributed by atoms with Crippen molar-refractivity contribution in [1.29, 1.82) is 0 Å². The Kier molecular flexibility index (Phi) is 5.68. The maximum Gasteiger partial charge on any atom is 0.273 e. The molecule has 4 rings (SSSR count). The number of thiazole rings is 1. The predicted molar refractivity (Wildman–Crippen MR) is 99.3 cm³/mol. The lowest BCUT2D eigenvalue weighted by molar-refractivity contribution is -0.108. The van der Waals surface area contributed by atoms with Gasteiger partial charge in [-0.3, -0.25) is 4.90 Å². The lowest BCUT2D eigenvalue weighted by Gasteiger charge is -2.36. The number of aldehydes is 1. The van der Waals surface area contributed by atoms with Crippen LogP contribution in [0, 0.1) is 0 Å². The highest BCUT2D eigenvalue weighted by atomic mass is 32.1. The van der Waals surface area contributed by atoms with E-state index in [9.17, 15) is 4.79 Å².